The molecule has 0 unspecified atom stereocenters. The number of amides is 1. The summed E-state index contributed by atoms with van der Waals surface area (Å²) in [6.45, 7) is 10.3. The first kappa shape index (κ1) is 30.6. The molecule has 11 heteroatoms. The third kappa shape index (κ3) is 18.2. The van der Waals surface area contributed by atoms with E-state index in [-0.39, 0.29) is 69.5 Å². The van der Waals surface area contributed by atoms with E-state index >= 15 is 0 Å². The quantitative estimate of drug-likeness (QED) is 0.133. The van der Waals surface area contributed by atoms with Crippen LogP contribution in [0.5, 0.6) is 0 Å². The van der Waals surface area contributed by atoms with E-state index in [4.69, 9.17) is 23.7 Å². The molecule has 0 aromatic carbocycles. The summed E-state index contributed by atoms with van der Waals surface area (Å²) in [6.07, 6.45) is 1.70. The van der Waals surface area contributed by atoms with Crippen molar-refractivity contribution in [2.45, 2.75) is 52.4 Å². The summed E-state index contributed by atoms with van der Waals surface area (Å²) < 4.78 is 24.5. The van der Waals surface area contributed by atoms with E-state index in [1.165, 1.54) is 13.8 Å². The van der Waals surface area contributed by atoms with E-state index < -0.39 is 24.0 Å². The standard InChI is InChI=1S/C23H35NO10/c1-17(2)21(27)32-14-11-24-23(29)34-13-8-6-9-19(25)30-12-7-5-10-20(26)31-15-16-33-22(28)18(3)4/h1,3,5-16H2,2,4H3,(H,24,29). The number of alkyl carbamates (subject to hydrolysis) is 1. The summed E-state index contributed by atoms with van der Waals surface area (Å²) in [5, 5.41) is 2.43. The van der Waals surface area contributed by atoms with Crippen LogP contribution in [0.15, 0.2) is 24.3 Å². The van der Waals surface area contributed by atoms with Gasteiger partial charge in [-0.2, -0.15) is 0 Å². The van der Waals surface area contributed by atoms with Crippen LogP contribution in [0.2, 0.25) is 0 Å². The number of carbonyl (C=O) groups excluding carboxylic acids is 5. The van der Waals surface area contributed by atoms with Crippen molar-refractivity contribution in [2.75, 3.05) is 39.6 Å². The number of nitrogens with one attached hydrogen (secondary N) is 1. The molecule has 0 heterocycles. The highest BCUT2D eigenvalue weighted by molar-refractivity contribution is 5.87. The first-order chi connectivity index (χ1) is 16.1. The zero-order chi connectivity index (χ0) is 25.8. The third-order valence-electron chi connectivity index (χ3n) is 3.93. The number of esters is 4. The molecule has 0 radical (unpaired) electrons. The van der Waals surface area contributed by atoms with E-state index in [2.05, 4.69) is 18.5 Å². The maximum absolute atomic E-state index is 11.7. The second-order valence-corrected chi connectivity index (χ2v) is 7.25. The van der Waals surface area contributed by atoms with Crippen LogP contribution in [-0.4, -0.2) is 69.5 Å². The number of hydrogen-bond donors (Lipinski definition) is 1. The Kier molecular flexibility index (Phi) is 17.2. The molecule has 0 aliphatic carbocycles. The van der Waals surface area contributed by atoms with Gasteiger partial charge in [0.05, 0.1) is 19.8 Å². The molecule has 0 atom stereocenters. The summed E-state index contributed by atoms with van der Waals surface area (Å²) in [7, 11) is 0. The normalized spacial score (nSPS) is 9.94. The molecule has 0 saturated carbocycles. The molecule has 0 aromatic heterocycles. The van der Waals surface area contributed by atoms with Crippen LogP contribution in [0.25, 0.3) is 0 Å². The zero-order valence-corrected chi connectivity index (χ0v) is 20.0. The van der Waals surface area contributed by atoms with Crippen molar-refractivity contribution < 1.29 is 47.7 Å². The van der Waals surface area contributed by atoms with Crippen molar-refractivity contribution in [2.24, 2.45) is 0 Å². The van der Waals surface area contributed by atoms with Gasteiger partial charge in [-0.25, -0.2) is 14.4 Å². The molecule has 0 rings (SSSR count). The Morgan fingerprint density at radius 1 is 0.588 bits per heavy atom. The molecule has 34 heavy (non-hydrogen) atoms. The molecule has 0 saturated heterocycles. The first-order valence-electron chi connectivity index (χ1n) is 11.0. The van der Waals surface area contributed by atoms with Gasteiger partial charge in [0.2, 0.25) is 0 Å². The highest BCUT2D eigenvalue weighted by Gasteiger charge is 2.08. The fraction of sp³-hybridized carbons (Fsp3) is 0.609. The predicted octanol–water partition coefficient (Wildman–Crippen LogP) is 2.38. The van der Waals surface area contributed by atoms with E-state index in [9.17, 15) is 24.0 Å². The van der Waals surface area contributed by atoms with Crippen LogP contribution in [-0.2, 0) is 42.9 Å². The SMILES string of the molecule is C=C(C)C(=O)OCCNC(=O)OCCCCC(=O)OCCCCC(=O)OCCOC(=O)C(=C)C. The second-order valence-electron chi connectivity index (χ2n) is 7.25. The van der Waals surface area contributed by atoms with Gasteiger partial charge in [-0.15, -0.1) is 0 Å². The largest absolute Gasteiger partial charge is 0.466 e. The Bertz CT molecular complexity index is 659. The molecule has 0 aliphatic heterocycles. The summed E-state index contributed by atoms with van der Waals surface area (Å²) in [6, 6.07) is 0. The Labute approximate surface area is 199 Å². The number of hydrogen-bond acceptors (Lipinski definition) is 10. The van der Waals surface area contributed by atoms with Crippen molar-refractivity contribution in [1.82, 2.24) is 5.32 Å². The van der Waals surface area contributed by atoms with Crippen LogP contribution in [0.1, 0.15) is 52.4 Å². The minimum absolute atomic E-state index is 0.0147. The van der Waals surface area contributed by atoms with E-state index in [0.29, 0.717) is 25.7 Å². The smallest absolute Gasteiger partial charge is 0.407 e. The monoisotopic (exact) mass is 485 g/mol. The third-order valence-corrected chi connectivity index (χ3v) is 3.93. The lowest BCUT2D eigenvalue weighted by molar-refractivity contribution is -0.150. The van der Waals surface area contributed by atoms with Gasteiger partial charge >= 0.3 is 30.0 Å². The molecule has 192 valence electrons. The molecule has 1 amide bonds. The van der Waals surface area contributed by atoms with E-state index in [0.717, 1.165) is 0 Å². The van der Waals surface area contributed by atoms with Gasteiger partial charge < -0.3 is 29.0 Å². The first-order valence-corrected chi connectivity index (χ1v) is 11.0. The highest BCUT2D eigenvalue weighted by Crippen LogP contribution is 2.02. The molecule has 0 aliphatic rings. The van der Waals surface area contributed by atoms with Crippen molar-refractivity contribution in [1.29, 1.82) is 0 Å². The molecule has 0 bridgehead atoms. The number of rotatable bonds is 18. The van der Waals surface area contributed by atoms with Crippen molar-refractivity contribution in [3.05, 3.63) is 24.3 Å². The summed E-state index contributed by atoms with van der Waals surface area (Å²) in [4.78, 5) is 57.0. The highest BCUT2D eigenvalue weighted by atomic mass is 16.6. The van der Waals surface area contributed by atoms with Gasteiger partial charge in [0, 0.05) is 24.0 Å². The lowest BCUT2D eigenvalue weighted by Crippen LogP contribution is -2.29. The van der Waals surface area contributed by atoms with Crippen LogP contribution < -0.4 is 5.32 Å². The van der Waals surface area contributed by atoms with Gasteiger partial charge in [-0.05, 0) is 39.5 Å². The van der Waals surface area contributed by atoms with Gasteiger partial charge in [-0.3, -0.25) is 9.59 Å². The maximum atomic E-state index is 11.7. The van der Waals surface area contributed by atoms with Crippen molar-refractivity contribution >= 4 is 30.0 Å². The Balaban J connectivity index is 3.54. The summed E-state index contributed by atoms with van der Waals surface area (Å²) in [5.74, 6) is -1.85. The van der Waals surface area contributed by atoms with Gasteiger partial charge in [0.25, 0.3) is 0 Å². The van der Waals surface area contributed by atoms with E-state index in [1.54, 1.807) is 0 Å². The molecule has 0 aromatic rings. The molecule has 0 spiro atoms. The van der Waals surface area contributed by atoms with Crippen molar-refractivity contribution in [3.8, 4) is 0 Å². The summed E-state index contributed by atoms with van der Waals surface area (Å²) >= 11 is 0. The maximum Gasteiger partial charge on any atom is 0.407 e. The number of ether oxygens (including phenoxy) is 5. The van der Waals surface area contributed by atoms with Gasteiger partial charge in [0.1, 0.15) is 19.8 Å². The number of unbranched alkanes of at least 4 members (excludes halogenated alkanes) is 2. The lowest BCUT2D eigenvalue weighted by atomic mass is 10.2. The Morgan fingerprint density at radius 2 is 1.03 bits per heavy atom. The molecule has 0 fully saturated rings. The average molecular weight is 486 g/mol. The van der Waals surface area contributed by atoms with Gasteiger partial charge in [-0.1, -0.05) is 13.2 Å². The minimum atomic E-state index is -0.639. The zero-order valence-electron chi connectivity index (χ0n) is 20.0. The number of carbonyl (C=O) groups is 5. The minimum Gasteiger partial charge on any atom is -0.466 e. The Hall–Kier alpha value is -3.37. The van der Waals surface area contributed by atoms with Crippen LogP contribution in [0.3, 0.4) is 0 Å². The second kappa shape index (κ2) is 19.1. The topological polar surface area (TPSA) is 144 Å². The van der Waals surface area contributed by atoms with Crippen LogP contribution in [0.4, 0.5) is 4.79 Å². The van der Waals surface area contributed by atoms with Crippen LogP contribution in [0, 0.1) is 0 Å². The molecule has 1 N–H and O–H groups in total. The fourth-order valence-electron chi connectivity index (χ4n) is 2.12. The Morgan fingerprint density at radius 3 is 1.56 bits per heavy atom. The molecular weight excluding hydrogens is 450 g/mol. The predicted molar refractivity (Wildman–Crippen MR) is 121 cm³/mol. The summed E-state index contributed by atoms with van der Waals surface area (Å²) in [5.41, 5.74) is 0.548. The fourth-order valence-corrected chi connectivity index (χ4v) is 2.12. The van der Waals surface area contributed by atoms with Crippen LogP contribution >= 0.6 is 0 Å². The molecular formula is C23H35NO10. The van der Waals surface area contributed by atoms with Gasteiger partial charge in [0.15, 0.2) is 0 Å². The lowest BCUT2D eigenvalue weighted by Gasteiger charge is -2.08. The average Bonchev–Trinajstić information content (AvgIpc) is 2.78. The molecule has 11 nitrogen and oxygen atoms in total. The van der Waals surface area contributed by atoms with E-state index in [1.807, 2.05) is 0 Å². The van der Waals surface area contributed by atoms with Crippen molar-refractivity contribution in [3.63, 3.8) is 0 Å².